The van der Waals surface area contributed by atoms with Gasteiger partial charge in [0, 0.05) is 11.6 Å². The molecule has 3 rings (SSSR count). The zero-order valence-electron chi connectivity index (χ0n) is 15.4. The van der Waals surface area contributed by atoms with Crippen LogP contribution in [0.3, 0.4) is 0 Å². The molecule has 0 amide bonds. The highest BCUT2D eigenvalue weighted by Crippen LogP contribution is 2.54. The Labute approximate surface area is 152 Å². The van der Waals surface area contributed by atoms with E-state index in [0.717, 1.165) is 5.57 Å². The fraction of sp³-hybridized carbons (Fsp3) is 0.550. The maximum absolute atomic E-state index is 12.8. The summed E-state index contributed by atoms with van der Waals surface area (Å²) in [5.41, 5.74) is -0.219. The van der Waals surface area contributed by atoms with E-state index in [1.807, 2.05) is 6.92 Å². The molecule has 0 aromatic heterocycles. The van der Waals surface area contributed by atoms with Crippen molar-refractivity contribution >= 4 is 17.7 Å². The number of hydrogen-bond acceptors (Lipinski definition) is 6. The second-order valence-corrected chi connectivity index (χ2v) is 7.88. The number of ketones is 1. The smallest absolute Gasteiger partial charge is 0.334 e. The van der Waals surface area contributed by atoms with Crippen LogP contribution in [0.15, 0.2) is 36.0 Å². The van der Waals surface area contributed by atoms with E-state index in [0.29, 0.717) is 0 Å². The molecule has 0 aromatic rings. The average molecular weight is 360 g/mol. The number of ether oxygens (including phenoxy) is 2. The third-order valence-electron chi connectivity index (χ3n) is 5.95. The Hall–Kier alpha value is -2.21. The average Bonchev–Trinajstić information content (AvgIpc) is 2.99. The molecule has 0 spiro atoms. The van der Waals surface area contributed by atoms with Crippen LogP contribution in [0.25, 0.3) is 0 Å². The van der Waals surface area contributed by atoms with Crippen LogP contribution in [-0.2, 0) is 23.9 Å². The molecule has 1 aliphatic heterocycles. The molecule has 6 nitrogen and oxygen atoms in total. The zero-order chi connectivity index (χ0) is 19.4. The summed E-state index contributed by atoms with van der Waals surface area (Å²) in [7, 11) is 0. The minimum absolute atomic E-state index is 0.123. The molecule has 6 heteroatoms. The van der Waals surface area contributed by atoms with Gasteiger partial charge in [0.1, 0.15) is 12.2 Å². The Bertz CT molecular complexity index is 743. The first-order valence-electron chi connectivity index (χ1n) is 8.75. The molecule has 0 bridgehead atoms. The van der Waals surface area contributed by atoms with Gasteiger partial charge >= 0.3 is 11.9 Å². The van der Waals surface area contributed by atoms with Gasteiger partial charge in [-0.1, -0.05) is 25.2 Å². The molecule has 0 aromatic carbocycles. The summed E-state index contributed by atoms with van der Waals surface area (Å²) < 4.78 is 11.1. The third kappa shape index (κ3) is 2.55. The highest BCUT2D eigenvalue weighted by Gasteiger charge is 2.64. The Morgan fingerprint density at radius 2 is 2.04 bits per heavy atom. The van der Waals surface area contributed by atoms with E-state index in [2.05, 4.69) is 6.58 Å². The topological polar surface area (TPSA) is 89.9 Å². The maximum atomic E-state index is 12.8. The number of carbonyl (C=O) groups excluding carboxylic acids is 3. The van der Waals surface area contributed by atoms with Crippen molar-refractivity contribution in [2.75, 3.05) is 0 Å². The number of rotatable bonds is 2. The summed E-state index contributed by atoms with van der Waals surface area (Å²) >= 11 is 0. The first-order valence-corrected chi connectivity index (χ1v) is 8.75. The van der Waals surface area contributed by atoms with E-state index < -0.39 is 41.6 Å². The van der Waals surface area contributed by atoms with Gasteiger partial charge < -0.3 is 14.6 Å². The van der Waals surface area contributed by atoms with Crippen LogP contribution in [0.4, 0.5) is 0 Å². The quantitative estimate of drug-likeness (QED) is 0.596. The number of fused-ring (bicyclic) bond motifs is 2. The normalized spacial score (nSPS) is 41.2. The number of esters is 2. The Morgan fingerprint density at radius 3 is 2.65 bits per heavy atom. The SMILES string of the molecule is C=C1C(=O)O[C@H]2C1C(OC(=O)C=C(C)C)[C@]1(C)C(=O)C=CC1C(C)[C@H]2O. The molecule has 1 saturated heterocycles. The van der Waals surface area contributed by atoms with E-state index in [-0.39, 0.29) is 23.2 Å². The van der Waals surface area contributed by atoms with Crippen molar-refractivity contribution in [2.45, 2.75) is 46.0 Å². The van der Waals surface area contributed by atoms with Gasteiger partial charge in [-0.25, -0.2) is 9.59 Å². The lowest BCUT2D eigenvalue weighted by molar-refractivity contribution is -0.160. The Balaban J connectivity index is 2.12. The van der Waals surface area contributed by atoms with Crippen LogP contribution in [-0.4, -0.2) is 41.1 Å². The predicted molar refractivity (Wildman–Crippen MR) is 92.7 cm³/mol. The van der Waals surface area contributed by atoms with Crippen molar-refractivity contribution in [3.05, 3.63) is 36.0 Å². The molecule has 2 aliphatic carbocycles. The lowest BCUT2D eigenvalue weighted by Gasteiger charge is -2.39. The molecule has 140 valence electrons. The number of aliphatic hydroxyl groups is 1. The van der Waals surface area contributed by atoms with Gasteiger partial charge in [-0.05, 0) is 38.7 Å². The lowest BCUT2D eigenvalue weighted by Crippen LogP contribution is -2.49. The monoisotopic (exact) mass is 360 g/mol. The summed E-state index contributed by atoms with van der Waals surface area (Å²) in [5, 5.41) is 10.8. The van der Waals surface area contributed by atoms with Crippen molar-refractivity contribution in [3.63, 3.8) is 0 Å². The van der Waals surface area contributed by atoms with Crippen LogP contribution in [0.5, 0.6) is 0 Å². The standard InChI is InChI=1S/C20H24O6/c1-9(2)8-14(22)25-18-15-11(4)19(24)26-17(15)16(23)10(3)12-6-7-13(21)20(12,18)5/h6-8,10,12,15-18,23H,4H2,1-3,5H3/t10?,12?,15?,16-,17+,18?,20+/m1/s1. The summed E-state index contributed by atoms with van der Waals surface area (Å²) in [4.78, 5) is 37.3. The molecule has 4 unspecified atom stereocenters. The number of carbonyl (C=O) groups is 3. The molecule has 7 atom stereocenters. The van der Waals surface area contributed by atoms with Crippen LogP contribution in [0, 0.1) is 23.2 Å². The van der Waals surface area contributed by atoms with Crippen molar-refractivity contribution in [2.24, 2.45) is 23.2 Å². The van der Waals surface area contributed by atoms with Crippen LogP contribution in [0.2, 0.25) is 0 Å². The van der Waals surface area contributed by atoms with E-state index >= 15 is 0 Å². The van der Waals surface area contributed by atoms with Crippen LogP contribution in [0.1, 0.15) is 27.7 Å². The summed E-state index contributed by atoms with van der Waals surface area (Å²) in [6.45, 7) is 10.8. The van der Waals surface area contributed by atoms with Gasteiger partial charge in [0.25, 0.3) is 0 Å². The van der Waals surface area contributed by atoms with Gasteiger partial charge in [-0.2, -0.15) is 0 Å². The molecule has 2 fully saturated rings. The van der Waals surface area contributed by atoms with Gasteiger partial charge in [0.05, 0.1) is 17.4 Å². The molecular formula is C20H24O6. The highest BCUT2D eigenvalue weighted by molar-refractivity contribution is 5.99. The van der Waals surface area contributed by atoms with E-state index in [1.54, 1.807) is 26.8 Å². The summed E-state index contributed by atoms with van der Waals surface area (Å²) in [5.74, 6) is -2.88. The number of allylic oxidation sites excluding steroid dienone is 3. The number of aliphatic hydroxyl groups excluding tert-OH is 1. The lowest BCUT2D eigenvalue weighted by atomic mass is 9.67. The first kappa shape index (κ1) is 18.6. The van der Waals surface area contributed by atoms with E-state index in [1.165, 1.54) is 12.2 Å². The highest BCUT2D eigenvalue weighted by atomic mass is 16.6. The zero-order valence-corrected chi connectivity index (χ0v) is 15.4. The minimum Gasteiger partial charge on any atom is -0.457 e. The fourth-order valence-electron chi connectivity index (χ4n) is 4.51. The molecular weight excluding hydrogens is 336 g/mol. The van der Waals surface area contributed by atoms with Gasteiger partial charge in [0.15, 0.2) is 5.78 Å². The molecule has 1 N–H and O–H groups in total. The molecule has 1 heterocycles. The minimum atomic E-state index is -1.10. The first-order chi connectivity index (χ1) is 12.1. The van der Waals surface area contributed by atoms with E-state index in [9.17, 15) is 19.5 Å². The van der Waals surface area contributed by atoms with Crippen LogP contribution < -0.4 is 0 Å². The van der Waals surface area contributed by atoms with Gasteiger partial charge in [0.2, 0.25) is 0 Å². The molecule has 3 aliphatic rings. The van der Waals surface area contributed by atoms with E-state index in [4.69, 9.17) is 9.47 Å². The van der Waals surface area contributed by atoms with Crippen molar-refractivity contribution in [1.29, 1.82) is 0 Å². The second-order valence-electron chi connectivity index (χ2n) is 7.88. The maximum Gasteiger partial charge on any atom is 0.334 e. The number of hydrogen-bond donors (Lipinski definition) is 1. The fourth-order valence-corrected chi connectivity index (χ4v) is 4.51. The third-order valence-corrected chi connectivity index (χ3v) is 5.95. The second kappa shape index (κ2) is 6.20. The van der Waals surface area contributed by atoms with Crippen molar-refractivity contribution in [3.8, 4) is 0 Å². The van der Waals surface area contributed by atoms with Crippen LogP contribution >= 0.6 is 0 Å². The van der Waals surface area contributed by atoms with Gasteiger partial charge in [-0.15, -0.1) is 0 Å². The van der Waals surface area contributed by atoms with Crippen molar-refractivity contribution in [1.82, 2.24) is 0 Å². The Morgan fingerprint density at radius 1 is 1.38 bits per heavy atom. The largest absolute Gasteiger partial charge is 0.457 e. The molecule has 1 saturated carbocycles. The van der Waals surface area contributed by atoms with Gasteiger partial charge in [-0.3, -0.25) is 4.79 Å². The summed E-state index contributed by atoms with van der Waals surface area (Å²) in [6.07, 6.45) is 1.72. The van der Waals surface area contributed by atoms with Crippen molar-refractivity contribution < 1.29 is 29.0 Å². The predicted octanol–water partition coefficient (Wildman–Crippen LogP) is 1.73. The Kier molecular flexibility index (Phi) is 4.43. The molecule has 26 heavy (non-hydrogen) atoms. The summed E-state index contributed by atoms with van der Waals surface area (Å²) in [6, 6.07) is 0. The molecule has 0 radical (unpaired) electrons.